The number of amides is 1. The number of benzene rings is 3. The molecule has 3 aromatic carbocycles. The second-order valence-electron chi connectivity index (χ2n) is 6.41. The minimum atomic E-state index is -4.00. The van der Waals surface area contributed by atoms with E-state index in [4.69, 9.17) is 9.92 Å². The number of rotatable bonds is 4. The van der Waals surface area contributed by atoms with E-state index in [2.05, 4.69) is 5.32 Å². The van der Waals surface area contributed by atoms with Crippen LogP contribution in [-0.2, 0) is 21.3 Å². The van der Waals surface area contributed by atoms with Crippen molar-refractivity contribution in [1.29, 1.82) is 0 Å². The van der Waals surface area contributed by atoms with Crippen LogP contribution in [0.1, 0.15) is 17.2 Å². The molecule has 0 saturated heterocycles. The van der Waals surface area contributed by atoms with Gasteiger partial charge < -0.3 is 15.2 Å². The zero-order valence-electron chi connectivity index (χ0n) is 14.4. The summed E-state index contributed by atoms with van der Waals surface area (Å²) in [6, 6.07) is 16.6. The average molecular weight is 382 g/mol. The van der Waals surface area contributed by atoms with Crippen LogP contribution in [0.4, 0.5) is 0 Å². The summed E-state index contributed by atoms with van der Waals surface area (Å²) in [5.74, 6) is -0.250. The fourth-order valence-corrected chi connectivity index (χ4v) is 4.58. The largest absolute Gasteiger partial charge is 0.379 e. The van der Waals surface area contributed by atoms with E-state index in [0.29, 0.717) is 18.4 Å². The van der Waals surface area contributed by atoms with Crippen molar-refractivity contribution in [3.63, 3.8) is 0 Å². The van der Waals surface area contributed by atoms with E-state index in [0.717, 1.165) is 16.5 Å². The molecule has 0 bridgehead atoms. The Kier molecular flexibility index (Phi) is 4.33. The van der Waals surface area contributed by atoms with Crippen molar-refractivity contribution >= 4 is 26.8 Å². The fourth-order valence-electron chi connectivity index (χ4n) is 3.43. The van der Waals surface area contributed by atoms with Crippen molar-refractivity contribution in [3.8, 4) is 5.75 Å². The molecule has 3 aromatic rings. The Morgan fingerprint density at radius 2 is 1.85 bits per heavy atom. The fraction of sp³-hybridized carbons (Fsp3) is 0.150. The monoisotopic (exact) mass is 382 g/mol. The molecule has 1 heterocycles. The summed E-state index contributed by atoms with van der Waals surface area (Å²) < 4.78 is 31.1. The van der Waals surface area contributed by atoms with Crippen molar-refractivity contribution in [2.24, 2.45) is 5.73 Å². The first-order chi connectivity index (χ1) is 13.0. The lowest BCUT2D eigenvalue weighted by Crippen LogP contribution is -2.38. The van der Waals surface area contributed by atoms with E-state index in [1.54, 1.807) is 36.4 Å². The maximum Gasteiger partial charge on any atom is 0.339 e. The average Bonchev–Trinajstić information content (AvgIpc) is 2.66. The summed E-state index contributed by atoms with van der Waals surface area (Å²) in [5, 5.41) is 4.48. The second kappa shape index (κ2) is 6.68. The highest BCUT2D eigenvalue weighted by molar-refractivity contribution is 7.87. The first-order valence-corrected chi connectivity index (χ1v) is 9.94. The van der Waals surface area contributed by atoms with Crippen LogP contribution in [0.25, 0.3) is 10.8 Å². The molecule has 1 amide bonds. The maximum absolute atomic E-state index is 12.8. The molecule has 6 nitrogen and oxygen atoms in total. The predicted molar refractivity (Wildman–Crippen MR) is 102 cm³/mol. The number of carbonyl (C=O) groups excluding carboxylic acids is 1. The van der Waals surface area contributed by atoms with Gasteiger partial charge in [0.15, 0.2) is 0 Å². The predicted octanol–water partition coefficient (Wildman–Crippen LogP) is 2.28. The molecule has 0 aromatic heterocycles. The van der Waals surface area contributed by atoms with Crippen molar-refractivity contribution in [2.75, 3.05) is 6.54 Å². The Balaban J connectivity index is 1.70. The molecular formula is C20H18N2O4S. The van der Waals surface area contributed by atoms with E-state index in [-0.39, 0.29) is 10.6 Å². The molecule has 138 valence electrons. The van der Waals surface area contributed by atoms with E-state index in [1.807, 2.05) is 18.2 Å². The number of hydrogen-bond donors (Lipinski definition) is 2. The molecule has 0 spiro atoms. The Labute approximate surface area is 157 Å². The zero-order chi connectivity index (χ0) is 19.0. The van der Waals surface area contributed by atoms with Gasteiger partial charge in [0.2, 0.25) is 5.91 Å². The molecule has 3 N–H and O–H groups in total. The van der Waals surface area contributed by atoms with E-state index in [9.17, 15) is 13.2 Å². The normalized spacial score (nSPS) is 16.7. The molecule has 1 unspecified atom stereocenters. The molecular weight excluding hydrogens is 364 g/mol. The third kappa shape index (κ3) is 3.27. The topological polar surface area (TPSA) is 98.5 Å². The van der Waals surface area contributed by atoms with Crippen molar-refractivity contribution in [2.45, 2.75) is 17.4 Å². The molecule has 1 aliphatic heterocycles. The van der Waals surface area contributed by atoms with Crippen LogP contribution in [0.5, 0.6) is 5.75 Å². The first-order valence-electron chi connectivity index (χ1n) is 8.53. The lowest BCUT2D eigenvalue weighted by molar-refractivity contribution is -0.120. The first kappa shape index (κ1) is 17.5. The molecule has 1 aliphatic rings. The number of hydrogen-bond acceptors (Lipinski definition) is 5. The van der Waals surface area contributed by atoms with Crippen molar-refractivity contribution < 1.29 is 17.4 Å². The number of nitrogens with two attached hydrogens (primary N) is 1. The van der Waals surface area contributed by atoms with E-state index < -0.39 is 22.1 Å². The third-order valence-corrected chi connectivity index (χ3v) is 5.98. The smallest absolute Gasteiger partial charge is 0.339 e. The van der Waals surface area contributed by atoms with Crippen molar-refractivity contribution in [3.05, 3.63) is 71.8 Å². The van der Waals surface area contributed by atoms with E-state index >= 15 is 0 Å². The lowest BCUT2D eigenvalue weighted by Gasteiger charge is -2.24. The minimum Gasteiger partial charge on any atom is -0.379 e. The molecule has 0 saturated carbocycles. The highest BCUT2D eigenvalue weighted by atomic mass is 32.2. The summed E-state index contributed by atoms with van der Waals surface area (Å²) >= 11 is 0. The van der Waals surface area contributed by atoms with Crippen LogP contribution in [0, 0.1) is 0 Å². The Morgan fingerprint density at radius 1 is 1.07 bits per heavy atom. The number of carbonyl (C=O) groups is 1. The van der Waals surface area contributed by atoms with Gasteiger partial charge >= 0.3 is 10.1 Å². The van der Waals surface area contributed by atoms with Crippen LogP contribution >= 0.6 is 0 Å². The van der Waals surface area contributed by atoms with Gasteiger partial charge in [-0.15, -0.1) is 0 Å². The number of fused-ring (bicyclic) bond motifs is 2. The van der Waals surface area contributed by atoms with Gasteiger partial charge in [-0.05, 0) is 41.1 Å². The Bertz CT molecular complexity index is 1140. The summed E-state index contributed by atoms with van der Waals surface area (Å²) in [6.07, 6.45) is 0.657. The van der Waals surface area contributed by atoms with Gasteiger partial charge in [0.1, 0.15) is 16.7 Å². The Morgan fingerprint density at radius 3 is 2.67 bits per heavy atom. The minimum absolute atomic E-state index is 0.120. The van der Waals surface area contributed by atoms with Gasteiger partial charge in [-0.2, -0.15) is 8.42 Å². The lowest BCUT2D eigenvalue weighted by atomic mass is 9.94. The molecule has 1 atom stereocenters. The summed E-state index contributed by atoms with van der Waals surface area (Å²) in [7, 11) is -4.00. The van der Waals surface area contributed by atoms with Gasteiger partial charge in [-0.3, -0.25) is 4.79 Å². The summed E-state index contributed by atoms with van der Waals surface area (Å²) in [5.41, 5.74) is 7.03. The van der Waals surface area contributed by atoms with Crippen LogP contribution in [-0.4, -0.2) is 20.9 Å². The number of primary amides is 1. The summed E-state index contributed by atoms with van der Waals surface area (Å²) in [4.78, 5) is 11.7. The van der Waals surface area contributed by atoms with Gasteiger partial charge in [0.25, 0.3) is 0 Å². The molecule has 0 radical (unpaired) electrons. The van der Waals surface area contributed by atoms with Crippen LogP contribution in [0.15, 0.2) is 65.6 Å². The van der Waals surface area contributed by atoms with Crippen LogP contribution < -0.4 is 15.2 Å². The molecule has 27 heavy (non-hydrogen) atoms. The molecule has 0 fully saturated rings. The number of nitrogens with one attached hydrogen (secondary N) is 1. The second-order valence-corrected chi connectivity index (χ2v) is 7.93. The van der Waals surface area contributed by atoms with Gasteiger partial charge in [0, 0.05) is 11.9 Å². The molecule has 0 aliphatic carbocycles. The zero-order valence-corrected chi connectivity index (χ0v) is 15.2. The highest BCUT2D eigenvalue weighted by Gasteiger charge is 2.26. The maximum atomic E-state index is 12.8. The molecule has 4 rings (SSSR count). The third-order valence-electron chi connectivity index (χ3n) is 4.68. The summed E-state index contributed by atoms with van der Waals surface area (Å²) in [6.45, 7) is 0.583. The van der Waals surface area contributed by atoms with Gasteiger partial charge in [-0.25, -0.2) is 0 Å². The SMILES string of the molecule is NC(=O)C1NCCc2cc(OS(=O)(=O)c3cccc4ccccc34)ccc21. The van der Waals surface area contributed by atoms with Crippen LogP contribution in [0.2, 0.25) is 0 Å². The quantitative estimate of drug-likeness (QED) is 0.675. The highest BCUT2D eigenvalue weighted by Crippen LogP contribution is 2.30. The van der Waals surface area contributed by atoms with Crippen LogP contribution in [0.3, 0.4) is 0 Å². The molecule has 7 heteroatoms. The Hall–Kier alpha value is -2.90. The standard InChI is InChI=1S/C20H18N2O4S/c21-20(23)19-17-9-8-15(12-14(17)10-11-22-19)26-27(24,25)18-7-3-5-13-4-1-2-6-16(13)18/h1-9,12,19,22H,10-11H2,(H2,21,23). The van der Waals surface area contributed by atoms with E-state index in [1.165, 1.54) is 6.07 Å². The van der Waals surface area contributed by atoms with Crippen molar-refractivity contribution in [1.82, 2.24) is 5.32 Å². The van der Waals surface area contributed by atoms with Gasteiger partial charge in [0.05, 0.1) is 0 Å². The van der Waals surface area contributed by atoms with Gasteiger partial charge in [-0.1, -0.05) is 42.5 Å².